The Balaban J connectivity index is 2.58. The number of hydrogen-bond acceptors (Lipinski definition) is 2. The molecule has 1 amide bonds. The summed E-state index contributed by atoms with van der Waals surface area (Å²) < 4.78 is 48.1. The van der Waals surface area contributed by atoms with E-state index in [4.69, 9.17) is 9.84 Å². The number of halogens is 4. The summed E-state index contributed by atoms with van der Waals surface area (Å²) in [5.41, 5.74) is -2.54. The topological polar surface area (TPSA) is 70.9 Å². The maximum atomic E-state index is 14.4. The van der Waals surface area contributed by atoms with Crippen LogP contribution in [0.25, 0.3) is 0 Å². The molecule has 2 rings (SSSR count). The number of rotatable bonds is 1. The first-order valence-electron chi connectivity index (χ1n) is 6.15. The molecule has 120 valence electrons. The number of ether oxygens (including phenoxy) is 1. The van der Waals surface area contributed by atoms with Crippen LogP contribution in [0.2, 0.25) is 0 Å². The summed E-state index contributed by atoms with van der Waals surface area (Å²) in [6, 6.07) is 3.63. The van der Waals surface area contributed by atoms with Crippen LogP contribution in [-0.2, 0) is 10.3 Å². The van der Waals surface area contributed by atoms with Crippen LogP contribution in [0.4, 0.5) is 18.0 Å². The summed E-state index contributed by atoms with van der Waals surface area (Å²) in [6.07, 6.45) is -1.56. The van der Waals surface area contributed by atoms with E-state index in [1.165, 1.54) is 12.1 Å². The molecule has 5 nitrogen and oxygen atoms in total. The quantitative estimate of drug-likeness (QED) is 0.784. The first-order chi connectivity index (χ1) is 10.2. The fourth-order valence-electron chi connectivity index (χ4n) is 2.16. The van der Waals surface area contributed by atoms with Gasteiger partial charge in [-0.05, 0) is 25.1 Å². The van der Waals surface area contributed by atoms with Crippen molar-refractivity contribution in [2.45, 2.75) is 18.4 Å². The third-order valence-corrected chi connectivity index (χ3v) is 3.84. The summed E-state index contributed by atoms with van der Waals surface area (Å²) in [5, 5.41) is 11.0. The van der Waals surface area contributed by atoms with Crippen molar-refractivity contribution in [3.05, 3.63) is 34.1 Å². The van der Waals surface area contributed by atoms with Gasteiger partial charge in [-0.2, -0.15) is 4.99 Å². The molecule has 2 N–H and O–H groups in total. The molecular weight excluding hydrogens is 369 g/mol. The Hall–Kier alpha value is -1.61. The number of nitrogens with one attached hydrogen (secondary N) is 1. The SMILES string of the molecule is CC1(c2cc(Br)ccc2F)N/C(=N/C(=O)O)COCC1(F)F. The maximum absolute atomic E-state index is 14.4. The van der Waals surface area contributed by atoms with Crippen LogP contribution in [0.5, 0.6) is 0 Å². The van der Waals surface area contributed by atoms with Gasteiger partial charge in [0.05, 0.1) is 0 Å². The molecule has 0 aliphatic carbocycles. The molecule has 22 heavy (non-hydrogen) atoms. The van der Waals surface area contributed by atoms with Crippen molar-refractivity contribution in [1.29, 1.82) is 0 Å². The lowest BCUT2D eigenvalue weighted by molar-refractivity contribution is -0.120. The van der Waals surface area contributed by atoms with Crippen molar-refractivity contribution < 1.29 is 27.8 Å². The minimum atomic E-state index is -3.50. The fraction of sp³-hybridized carbons (Fsp3) is 0.385. The molecule has 1 unspecified atom stereocenters. The summed E-state index contributed by atoms with van der Waals surface area (Å²) in [7, 11) is 0. The number of nitrogens with zero attached hydrogens (tertiary/aromatic N) is 1. The number of amidine groups is 1. The molecule has 0 aromatic heterocycles. The standard InChI is InChI=1S/C13H12BrF3N2O3/c1-12(8-4-7(14)2-3-9(8)15)13(16,17)6-22-5-10(19-12)18-11(20)21/h2-4H,5-6H2,1H3,(H,18,19)(H,20,21). The van der Waals surface area contributed by atoms with Crippen LogP contribution < -0.4 is 5.32 Å². The first-order valence-corrected chi connectivity index (χ1v) is 6.95. The van der Waals surface area contributed by atoms with E-state index in [-0.39, 0.29) is 11.4 Å². The Morgan fingerprint density at radius 2 is 2.18 bits per heavy atom. The van der Waals surface area contributed by atoms with Gasteiger partial charge in [-0.3, -0.25) is 0 Å². The normalized spacial score (nSPS) is 26.3. The van der Waals surface area contributed by atoms with E-state index in [0.717, 1.165) is 13.0 Å². The van der Waals surface area contributed by atoms with E-state index in [9.17, 15) is 18.0 Å². The van der Waals surface area contributed by atoms with Gasteiger partial charge in [-0.15, -0.1) is 0 Å². The van der Waals surface area contributed by atoms with E-state index in [1.807, 2.05) is 0 Å². The summed E-state index contributed by atoms with van der Waals surface area (Å²) >= 11 is 3.10. The molecule has 0 spiro atoms. The van der Waals surface area contributed by atoms with Gasteiger partial charge in [-0.1, -0.05) is 15.9 Å². The maximum Gasteiger partial charge on any atom is 0.432 e. The number of benzene rings is 1. The Labute approximate surface area is 132 Å². The second-order valence-electron chi connectivity index (χ2n) is 4.91. The second kappa shape index (κ2) is 5.88. The van der Waals surface area contributed by atoms with Crippen LogP contribution in [0.15, 0.2) is 27.7 Å². The molecule has 1 aromatic carbocycles. The van der Waals surface area contributed by atoms with Crippen molar-refractivity contribution >= 4 is 27.9 Å². The van der Waals surface area contributed by atoms with Crippen LogP contribution in [0, 0.1) is 5.82 Å². The molecule has 1 fully saturated rings. The van der Waals surface area contributed by atoms with Gasteiger partial charge in [0.2, 0.25) is 0 Å². The van der Waals surface area contributed by atoms with Crippen molar-refractivity contribution in [3.63, 3.8) is 0 Å². The zero-order valence-corrected chi connectivity index (χ0v) is 13.0. The molecule has 1 heterocycles. The molecule has 1 atom stereocenters. The summed E-state index contributed by atoms with van der Waals surface area (Å²) in [4.78, 5) is 13.8. The number of hydrogen-bond donors (Lipinski definition) is 2. The Morgan fingerprint density at radius 3 is 2.82 bits per heavy atom. The van der Waals surface area contributed by atoms with E-state index in [2.05, 4.69) is 26.2 Å². The van der Waals surface area contributed by atoms with Crippen molar-refractivity contribution in [3.8, 4) is 0 Å². The molecule has 1 aliphatic rings. The molecular formula is C13H12BrF3N2O3. The van der Waals surface area contributed by atoms with Gasteiger partial charge in [0, 0.05) is 10.0 Å². The van der Waals surface area contributed by atoms with Gasteiger partial charge in [0.15, 0.2) is 0 Å². The molecule has 1 aromatic rings. The molecule has 0 radical (unpaired) electrons. The van der Waals surface area contributed by atoms with Gasteiger partial charge < -0.3 is 15.2 Å². The largest absolute Gasteiger partial charge is 0.463 e. The minimum absolute atomic E-state index is 0.313. The van der Waals surface area contributed by atoms with Crippen LogP contribution in [0.3, 0.4) is 0 Å². The number of carbonyl (C=O) groups is 1. The molecule has 0 bridgehead atoms. The smallest absolute Gasteiger partial charge is 0.432 e. The van der Waals surface area contributed by atoms with Gasteiger partial charge in [-0.25, -0.2) is 18.0 Å². The third kappa shape index (κ3) is 3.09. The third-order valence-electron chi connectivity index (χ3n) is 3.35. The van der Waals surface area contributed by atoms with E-state index in [1.54, 1.807) is 0 Å². The first kappa shape index (κ1) is 16.8. The van der Waals surface area contributed by atoms with Crippen molar-refractivity contribution in [1.82, 2.24) is 5.32 Å². The van der Waals surface area contributed by atoms with E-state index < -0.39 is 36.6 Å². The van der Waals surface area contributed by atoms with Crippen molar-refractivity contribution in [2.75, 3.05) is 13.2 Å². The highest BCUT2D eigenvalue weighted by molar-refractivity contribution is 9.10. The number of carboxylic acid groups (broad SMARTS) is 1. The minimum Gasteiger partial charge on any atom is -0.463 e. The monoisotopic (exact) mass is 380 g/mol. The average molecular weight is 381 g/mol. The molecule has 1 aliphatic heterocycles. The second-order valence-corrected chi connectivity index (χ2v) is 5.83. The molecule has 9 heteroatoms. The number of alkyl halides is 2. The zero-order chi connectivity index (χ0) is 16.5. The van der Waals surface area contributed by atoms with Gasteiger partial charge in [0.25, 0.3) is 5.92 Å². The number of aliphatic imine (C=N–C) groups is 1. The predicted molar refractivity (Wildman–Crippen MR) is 75.8 cm³/mol. The van der Waals surface area contributed by atoms with Crippen LogP contribution in [-0.4, -0.2) is 36.2 Å². The molecule has 0 saturated carbocycles. The van der Waals surface area contributed by atoms with Crippen molar-refractivity contribution in [2.24, 2.45) is 4.99 Å². The van der Waals surface area contributed by atoms with Gasteiger partial charge >= 0.3 is 6.09 Å². The van der Waals surface area contributed by atoms with E-state index >= 15 is 0 Å². The van der Waals surface area contributed by atoms with Gasteiger partial charge in [0.1, 0.15) is 30.4 Å². The lowest BCUT2D eigenvalue weighted by Gasteiger charge is -2.37. The Morgan fingerprint density at radius 1 is 1.50 bits per heavy atom. The lowest BCUT2D eigenvalue weighted by Crippen LogP contribution is -2.56. The van der Waals surface area contributed by atoms with E-state index in [0.29, 0.717) is 4.47 Å². The molecule has 1 saturated heterocycles. The number of amides is 1. The van der Waals surface area contributed by atoms with Crippen LogP contribution in [0.1, 0.15) is 12.5 Å². The fourth-order valence-corrected chi connectivity index (χ4v) is 2.52. The zero-order valence-electron chi connectivity index (χ0n) is 11.4. The highest BCUT2D eigenvalue weighted by Gasteiger charge is 2.55. The highest BCUT2D eigenvalue weighted by Crippen LogP contribution is 2.41. The highest BCUT2D eigenvalue weighted by atomic mass is 79.9. The summed E-state index contributed by atoms with van der Waals surface area (Å²) in [5.74, 6) is -4.66. The lowest BCUT2D eigenvalue weighted by atomic mass is 9.85. The summed E-state index contributed by atoms with van der Waals surface area (Å²) in [6.45, 7) is -0.363. The Kier molecular flexibility index (Phi) is 4.48. The van der Waals surface area contributed by atoms with Crippen LogP contribution >= 0.6 is 15.9 Å². The average Bonchev–Trinajstić information content (AvgIpc) is 2.50. The Bertz CT molecular complexity index is 639. The predicted octanol–water partition coefficient (Wildman–Crippen LogP) is 3.14.